The number of carbonyl (C=O) groups is 2. The number of nitrogens with zero attached hydrogens (tertiary/aromatic N) is 4. The highest BCUT2D eigenvalue weighted by molar-refractivity contribution is 5.94. The summed E-state index contributed by atoms with van der Waals surface area (Å²) in [6.07, 6.45) is 1.98. The van der Waals surface area contributed by atoms with Gasteiger partial charge in [0.1, 0.15) is 0 Å². The molecule has 0 radical (unpaired) electrons. The summed E-state index contributed by atoms with van der Waals surface area (Å²) in [4.78, 5) is 30.0. The molecular formula is C26H28N4O3. The monoisotopic (exact) mass is 444 g/mol. The van der Waals surface area contributed by atoms with Crippen LogP contribution in [0.5, 0.6) is 0 Å². The Balaban J connectivity index is 1.34. The second kappa shape index (κ2) is 8.81. The largest absolute Gasteiger partial charge is 0.425 e. The molecule has 7 heteroatoms. The maximum Gasteiger partial charge on any atom is 0.253 e. The van der Waals surface area contributed by atoms with Crippen molar-refractivity contribution in [3.05, 3.63) is 83.6 Å². The number of aromatic nitrogens is 2. The second-order valence-corrected chi connectivity index (χ2v) is 9.17. The summed E-state index contributed by atoms with van der Waals surface area (Å²) in [6, 6.07) is 19.2. The first-order valence-electron chi connectivity index (χ1n) is 11.5. The Hall–Kier alpha value is -3.48. The van der Waals surface area contributed by atoms with Gasteiger partial charge in [-0.25, -0.2) is 0 Å². The van der Waals surface area contributed by atoms with E-state index in [0.29, 0.717) is 49.9 Å². The van der Waals surface area contributed by atoms with Crippen LogP contribution in [0.4, 0.5) is 0 Å². The molecule has 0 saturated carbocycles. The number of benzene rings is 2. The Kier molecular flexibility index (Phi) is 5.70. The van der Waals surface area contributed by atoms with E-state index >= 15 is 0 Å². The molecule has 33 heavy (non-hydrogen) atoms. The van der Waals surface area contributed by atoms with Crippen molar-refractivity contribution in [3.63, 3.8) is 0 Å². The van der Waals surface area contributed by atoms with Gasteiger partial charge in [0.2, 0.25) is 17.7 Å². The minimum atomic E-state index is -0.168. The molecule has 2 fully saturated rings. The van der Waals surface area contributed by atoms with Gasteiger partial charge in [-0.3, -0.25) is 9.59 Å². The molecule has 2 aliphatic heterocycles. The number of amides is 2. The van der Waals surface area contributed by atoms with Gasteiger partial charge in [0, 0.05) is 44.1 Å². The zero-order chi connectivity index (χ0) is 22.8. The van der Waals surface area contributed by atoms with E-state index in [1.165, 1.54) is 0 Å². The third-order valence-corrected chi connectivity index (χ3v) is 7.11. The Labute approximate surface area is 193 Å². The van der Waals surface area contributed by atoms with Gasteiger partial charge in [-0.1, -0.05) is 48.5 Å². The summed E-state index contributed by atoms with van der Waals surface area (Å²) in [5, 5.41) is 8.37. The number of hydrogen-bond acceptors (Lipinski definition) is 5. The van der Waals surface area contributed by atoms with Gasteiger partial charge in [0.05, 0.1) is 12.3 Å². The van der Waals surface area contributed by atoms with Crippen LogP contribution in [0.3, 0.4) is 0 Å². The first-order valence-corrected chi connectivity index (χ1v) is 11.5. The quantitative estimate of drug-likeness (QED) is 0.616. The predicted molar refractivity (Wildman–Crippen MR) is 123 cm³/mol. The maximum absolute atomic E-state index is 13.2. The molecule has 2 aromatic carbocycles. The first-order chi connectivity index (χ1) is 16.0. The predicted octanol–water partition coefficient (Wildman–Crippen LogP) is 3.47. The van der Waals surface area contributed by atoms with E-state index in [1.54, 1.807) is 6.92 Å². The van der Waals surface area contributed by atoms with Gasteiger partial charge in [-0.2, -0.15) is 0 Å². The molecule has 3 heterocycles. The van der Waals surface area contributed by atoms with Crippen molar-refractivity contribution < 1.29 is 14.0 Å². The molecule has 0 aliphatic carbocycles. The average molecular weight is 445 g/mol. The summed E-state index contributed by atoms with van der Waals surface area (Å²) >= 11 is 0. The standard InChI is InChI=1S/C26H28N4O3/c1-19-27-28-24(33-19)22-17-30(23(31)16-20-8-4-2-5-9-20)18-26(22)12-14-29(15-13-26)25(32)21-10-6-3-7-11-21/h2-11,22H,12-18H2,1H3. The second-order valence-electron chi connectivity index (χ2n) is 9.17. The highest BCUT2D eigenvalue weighted by Crippen LogP contribution is 2.49. The molecule has 1 atom stereocenters. The van der Waals surface area contributed by atoms with E-state index in [0.717, 1.165) is 18.4 Å². The third kappa shape index (κ3) is 4.27. The van der Waals surface area contributed by atoms with E-state index in [-0.39, 0.29) is 23.1 Å². The fourth-order valence-electron chi connectivity index (χ4n) is 5.26. The minimum absolute atomic E-state index is 0.0209. The minimum Gasteiger partial charge on any atom is -0.425 e. The van der Waals surface area contributed by atoms with Crippen LogP contribution < -0.4 is 0 Å². The van der Waals surface area contributed by atoms with E-state index in [2.05, 4.69) is 10.2 Å². The van der Waals surface area contributed by atoms with Crippen LogP contribution in [-0.4, -0.2) is 58.0 Å². The van der Waals surface area contributed by atoms with Crippen molar-refractivity contribution in [2.75, 3.05) is 26.2 Å². The fraction of sp³-hybridized carbons (Fsp3) is 0.385. The molecule has 1 unspecified atom stereocenters. The zero-order valence-corrected chi connectivity index (χ0v) is 18.8. The number of carbonyl (C=O) groups excluding carboxylic acids is 2. The smallest absolute Gasteiger partial charge is 0.253 e. The summed E-state index contributed by atoms with van der Waals surface area (Å²) in [7, 11) is 0. The molecule has 2 amide bonds. The highest BCUT2D eigenvalue weighted by Gasteiger charge is 2.52. The summed E-state index contributed by atoms with van der Waals surface area (Å²) in [5.74, 6) is 1.29. The number of piperidine rings is 1. The molecule has 7 nitrogen and oxygen atoms in total. The van der Waals surface area contributed by atoms with Crippen LogP contribution in [0.25, 0.3) is 0 Å². The zero-order valence-electron chi connectivity index (χ0n) is 18.8. The summed E-state index contributed by atoms with van der Waals surface area (Å²) in [5.41, 5.74) is 1.55. The molecule has 2 saturated heterocycles. The van der Waals surface area contributed by atoms with Crippen molar-refractivity contribution >= 4 is 11.8 Å². The van der Waals surface area contributed by atoms with Gasteiger partial charge in [-0.15, -0.1) is 10.2 Å². The molecule has 0 N–H and O–H groups in total. The van der Waals surface area contributed by atoms with Crippen LogP contribution in [0, 0.1) is 12.3 Å². The molecule has 170 valence electrons. The van der Waals surface area contributed by atoms with Gasteiger partial charge < -0.3 is 14.2 Å². The number of aryl methyl sites for hydroxylation is 1. The van der Waals surface area contributed by atoms with Crippen molar-refractivity contribution in [1.29, 1.82) is 0 Å². The lowest BCUT2D eigenvalue weighted by Crippen LogP contribution is -2.46. The van der Waals surface area contributed by atoms with Gasteiger partial charge in [-0.05, 0) is 30.5 Å². The lowest BCUT2D eigenvalue weighted by molar-refractivity contribution is -0.130. The SMILES string of the molecule is Cc1nnc(C2CN(C(=O)Cc3ccccc3)CC23CCN(C(=O)c2ccccc2)CC3)o1. The molecule has 1 spiro atoms. The van der Waals surface area contributed by atoms with Gasteiger partial charge in [0.15, 0.2) is 0 Å². The Morgan fingerprint density at radius 1 is 0.970 bits per heavy atom. The van der Waals surface area contributed by atoms with Crippen molar-refractivity contribution in [2.24, 2.45) is 5.41 Å². The lowest BCUT2D eigenvalue weighted by Gasteiger charge is -2.41. The Morgan fingerprint density at radius 2 is 1.64 bits per heavy atom. The molecule has 2 aliphatic rings. The summed E-state index contributed by atoms with van der Waals surface area (Å²) in [6.45, 7) is 4.31. The lowest BCUT2D eigenvalue weighted by atomic mass is 9.70. The van der Waals surface area contributed by atoms with Crippen molar-refractivity contribution in [2.45, 2.75) is 32.1 Å². The van der Waals surface area contributed by atoms with Crippen LogP contribution in [0.2, 0.25) is 0 Å². The molecule has 1 aromatic heterocycles. The van der Waals surface area contributed by atoms with Crippen LogP contribution in [-0.2, 0) is 11.2 Å². The van der Waals surface area contributed by atoms with Crippen LogP contribution in [0.15, 0.2) is 65.1 Å². The fourth-order valence-corrected chi connectivity index (χ4v) is 5.26. The number of hydrogen-bond donors (Lipinski definition) is 0. The normalized spacial score (nSPS) is 19.7. The van der Waals surface area contributed by atoms with Crippen molar-refractivity contribution in [3.8, 4) is 0 Å². The molecule has 0 bridgehead atoms. The van der Waals surface area contributed by atoms with E-state index in [1.807, 2.05) is 70.5 Å². The highest BCUT2D eigenvalue weighted by atomic mass is 16.4. The van der Waals surface area contributed by atoms with Gasteiger partial charge >= 0.3 is 0 Å². The Bertz CT molecular complexity index is 1120. The molecule has 3 aromatic rings. The van der Waals surface area contributed by atoms with E-state index < -0.39 is 0 Å². The number of likely N-dealkylation sites (tertiary alicyclic amines) is 2. The van der Waals surface area contributed by atoms with Crippen LogP contribution >= 0.6 is 0 Å². The van der Waals surface area contributed by atoms with Crippen LogP contribution in [0.1, 0.15) is 46.5 Å². The average Bonchev–Trinajstić information content (AvgIpc) is 3.44. The third-order valence-electron chi connectivity index (χ3n) is 7.11. The topological polar surface area (TPSA) is 79.5 Å². The van der Waals surface area contributed by atoms with Gasteiger partial charge in [0.25, 0.3) is 5.91 Å². The first kappa shape index (κ1) is 21.4. The van der Waals surface area contributed by atoms with Crippen molar-refractivity contribution in [1.82, 2.24) is 20.0 Å². The van der Waals surface area contributed by atoms with E-state index in [9.17, 15) is 9.59 Å². The number of rotatable bonds is 4. The summed E-state index contributed by atoms with van der Waals surface area (Å²) < 4.78 is 5.84. The molecule has 5 rings (SSSR count). The van der Waals surface area contributed by atoms with E-state index in [4.69, 9.17) is 4.42 Å². The maximum atomic E-state index is 13.2. The Morgan fingerprint density at radius 3 is 2.27 bits per heavy atom. The molecular weight excluding hydrogens is 416 g/mol.